The van der Waals surface area contributed by atoms with Gasteiger partial charge in [-0.05, 0) is 39.0 Å². The van der Waals surface area contributed by atoms with Crippen LogP contribution in [0.4, 0.5) is 5.69 Å². The van der Waals surface area contributed by atoms with Crippen molar-refractivity contribution in [2.45, 2.75) is 33.2 Å². The molecule has 0 atom stereocenters. The van der Waals surface area contributed by atoms with Crippen LogP contribution in [0.25, 0.3) is 0 Å². The molecule has 0 aliphatic rings. The van der Waals surface area contributed by atoms with Gasteiger partial charge in [0.25, 0.3) is 5.91 Å². The van der Waals surface area contributed by atoms with E-state index < -0.39 is 0 Å². The summed E-state index contributed by atoms with van der Waals surface area (Å²) in [4.78, 5) is 14.3. The molecule has 1 N–H and O–H groups in total. The number of hydrogen-bond acceptors (Lipinski definition) is 3. The van der Waals surface area contributed by atoms with E-state index in [0.29, 0.717) is 23.6 Å². The van der Waals surface area contributed by atoms with Crippen molar-refractivity contribution in [3.8, 4) is 6.07 Å². The molecule has 0 fully saturated rings. The Labute approximate surface area is 125 Å². The monoisotopic (exact) mass is 293 g/mol. The average Bonchev–Trinajstić information content (AvgIpc) is 2.41. The molecule has 5 heteroatoms. The van der Waals surface area contributed by atoms with Crippen LogP contribution < -0.4 is 5.32 Å². The predicted octanol–water partition coefficient (Wildman–Crippen LogP) is 3.54. The predicted molar refractivity (Wildman–Crippen MR) is 82.0 cm³/mol. The number of nitrogens with zero attached hydrogens (tertiary/aromatic N) is 2. The van der Waals surface area contributed by atoms with E-state index in [1.807, 2.05) is 26.8 Å². The Kier molecular flexibility index (Phi) is 6.33. The number of amides is 1. The van der Waals surface area contributed by atoms with Gasteiger partial charge in [0.15, 0.2) is 0 Å². The summed E-state index contributed by atoms with van der Waals surface area (Å²) < 4.78 is 0. The zero-order valence-electron chi connectivity index (χ0n) is 12.1. The zero-order valence-corrected chi connectivity index (χ0v) is 12.9. The highest BCUT2D eigenvalue weighted by atomic mass is 35.5. The van der Waals surface area contributed by atoms with E-state index in [0.717, 1.165) is 12.2 Å². The number of anilines is 1. The van der Waals surface area contributed by atoms with Gasteiger partial charge in [0.05, 0.1) is 18.1 Å². The Morgan fingerprint density at radius 1 is 1.50 bits per heavy atom. The van der Waals surface area contributed by atoms with E-state index >= 15 is 0 Å². The number of nitriles is 1. The fraction of sp³-hybridized carbons (Fsp3) is 0.467. The molecule has 4 nitrogen and oxygen atoms in total. The number of hydrogen-bond donors (Lipinski definition) is 1. The molecular formula is C15H20ClN3O. The molecule has 0 bridgehead atoms. The Bertz CT molecular complexity index is 508. The van der Waals surface area contributed by atoms with Crippen molar-refractivity contribution in [3.63, 3.8) is 0 Å². The number of carbonyl (C=O) groups excluding carboxylic acids is 1. The highest BCUT2D eigenvalue weighted by molar-refractivity contribution is 6.31. The molecule has 0 heterocycles. The van der Waals surface area contributed by atoms with Gasteiger partial charge in [-0.15, -0.1) is 0 Å². The maximum atomic E-state index is 12.7. The van der Waals surface area contributed by atoms with Gasteiger partial charge >= 0.3 is 0 Å². The van der Waals surface area contributed by atoms with Crippen LogP contribution in [0.2, 0.25) is 5.02 Å². The summed E-state index contributed by atoms with van der Waals surface area (Å²) in [6.07, 6.45) is 0.320. The third-order valence-electron chi connectivity index (χ3n) is 2.93. The van der Waals surface area contributed by atoms with Gasteiger partial charge in [0.1, 0.15) is 0 Å². The molecule has 1 rings (SSSR count). The minimum absolute atomic E-state index is 0.0318. The third kappa shape index (κ3) is 4.14. The Balaban J connectivity index is 3.10. The lowest BCUT2D eigenvalue weighted by atomic mass is 10.1. The van der Waals surface area contributed by atoms with Crippen molar-refractivity contribution >= 4 is 23.2 Å². The van der Waals surface area contributed by atoms with Crippen molar-refractivity contribution in [3.05, 3.63) is 28.8 Å². The molecule has 0 aliphatic carbocycles. The van der Waals surface area contributed by atoms with E-state index in [1.54, 1.807) is 17.0 Å². The van der Waals surface area contributed by atoms with Gasteiger partial charge in [-0.3, -0.25) is 4.79 Å². The summed E-state index contributed by atoms with van der Waals surface area (Å²) in [6.45, 7) is 6.99. The Morgan fingerprint density at radius 2 is 2.20 bits per heavy atom. The quantitative estimate of drug-likeness (QED) is 0.873. The van der Waals surface area contributed by atoms with Crippen molar-refractivity contribution in [1.29, 1.82) is 5.26 Å². The largest absolute Gasteiger partial charge is 0.385 e. The minimum Gasteiger partial charge on any atom is -0.385 e. The fourth-order valence-electron chi connectivity index (χ4n) is 1.96. The summed E-state index contributed by atoms with van der Waals surface area (Å²) in [5, 5.41) is 12.4. The van der Waals surface area contributed by atoms with Crippen molar-refractivity contribution < 1.29 is 4.79 Å². The molecule has 0 unspecified atom stereocenters. The smallest absolute Gasteiger partial charge is 0.256 e. The van der Waals surface area contributed by atoms with Crippen LogP contribution in [0, 0.1) is 11.3 Å². The number of halogens is 1. The van der Waals surface area contributed by atoms with E-state index in [2.05, 4.69) is 11.4 Å². The summed E-state index contributed by atoms with van der Waals surface area (Å²) in [5.74, 6) is -0.103. The molecule has 20 heavy (non-hydrogen) atoms. The molecule has 0 aliphatic heterocycles. The summed E-state index contributed by atoms with van der Waals surface area (Å²) in [5.41, 5.74) is 1.32. The molecule has 1 aromatic rings. The molecule has 0 saturated heterocycles. The first-order valence-corrected chi connectivity index (χ1v) is 7.10. The van der Waals surface area contributed by atoms with Crippen LogP contribution in [-0.2, 0) is 0 Å². The SMILES string of the molecule is CCNc1ccc(Cl)cc1C(=O)N(CCC#N)C(C)C. The number of rotatable bonds is 6. The first-order chi connectivity index (χ1) is 9.51. The summed E-state index contributed by atoms with van der Waals surface area (Å²) in [7, 11) is 0. The van der Waals surface area contributed by atoms with Gasteiger partial charge in [-0.25, -0.2) is 0 Å². The number of carbonyl (C=O) groups is 1. The van der Waals surface area contributed by atoms with Crippen molar-refractivity contribution in [1.82, 2.24) is 4.90 Å². The molecule has 0 spiro atoms. The second-order valence-corrected chi connectivity index (χ2v) is 5.16. The number of nitrogens with one attached hydrogen (secondary N) is 1. The molecule has 0 aromatic heterocycles. The van der Waals surface area contributed by atoms with E-state index in [-0.39, 0.29) is 11.9 Å². The minimum atomic E-state index is -0.103. The first-order valence-electron chi connectivity index (χ1n) is 6.72. The molecule has 0 saturated carbocycles. The van der Waals surface area contributed by atoms with Gasteiger partial charge in [0.2, 0.25) is 0 Å². The van der Waals surface area contributed by atoms with Crippen LogP contribution in [0.3, 0.4) is 0 Å². The van der Waals surface area contributed by atoms with Crippen LogP contribution in [0.15, 0.2) is 18.2 Å². The zero-order chi connectivity index (χ0) is 15.1. The van der Waals surface area contributed by atoms with Gasteiger partial charge in [-0.1, -0.05) is 11.6 Å². The fourth-order valence-corrected chi connectivity index (χ4v) is 2.13. The van der Waals surface area contributed by atoms with Crippen LogP contribution in [0.5, 0.6) is 0 Å². The standard InChI is InChI=1S/C15H20ClN3O/c1-4-18-14-7-6-12(16)10-13(14)15(20)19(11(2)3)9-5-8-17/h6-7,10-11,18H,4-5,9H2,1-3H3. The Hall–Kier alpha value is -1.73. The topological polar surface area (TPSA) is 56.1 Å². The average molecular weight is 294 g/mol. The van der Waals surface area contributed by atoms with Crippen molar-refractivity contribution in [2.75, 3.05) is 18.4 Å². The molecular weight excluding hydrogens is 274 g/mol. The second kappa shape index (κ2) is 7.76. The van der Waals surface area contributed by atoms with Gasteiger partial charge in [0, 0.05) is 29.8 Å². The maximum Gasteiger partial charge on any atom is 0.256 e. The lowest BCUT2D eigenvalue weighted by molar-refractivity contribution is 0.0711. The van der Waals surface area contributed by atoms with Gasteiger partial charge in [-0.2, -0.15) is 5.26 Å². The normalized spacial score (nSPS) is 10.2. The highest BCUT2D eigenvalue weighted by Crippen LogP contribution is 2.23. The van der Waals surface area contributed by atoms with E-state index in [4.69, 9.17) is 16.9 Å². The molecule has 108 valence electrons. The lowest BCUT2D eigenvalue weighted by Crippen LogP contribution is -2.38. The van der Waals surface area contributed by atoms with Crippen LogP contribution in [-0.4, -0.2) is 29.9 Å². The molecule has 0 radical (unpaired) electrons. The summed E-state index contributed by atoms with van der Waals surface area (Å²) >= 11 is 6.00. The maximum absolute atomic E-state index is 12.7. The van der Waals surface area contributed by atoms with Crippen molar-refractivity contribution in [2.24, 2.45) is 0 Å². The van der Waals surface area contributed by atoms with Crippen LogP contribution in [0.1, 0.15) is 37.6 Å². The third-order valence-corrected chi connectivity index (χ3v) is 3.16. The molecule has 1 aromatic carbocycles. The second-order valence-electron chi connectivity index (χ2n) is 4.72. The first kappa shape index (κ1) is 16.3. The molecule has 1 amide bonds. The van der Waals surface area contributed by atoms with E-state index in [9.17, 15) is 4.79 Å². The Morgan fingerprint density at radius 3 is 2.75 bits per heavy atom. The summed E-state index contributed by atoms with van der Waals surface area (Å²) in [6, 6.07) is 7.34. The lowest BCUT2D eigenvalue weighted by Gasteiger charge is -2.27. The highest BCUT2D eigenvalue weighted by Gasteiger charge is 2.21. The number of benzene rings is 1. The van der Waals surface area contributed by atoms with E-state index in [1.165, 1.54) is 0 Å². The van der Waals surface area contributed by atoms with Crippen LogP contribution >= 0.6 is 11.6 Å². The van der Waals surface area contributed by atoms with Gasteiger partial charge < -0.3 is 10.2 Å².